The average Bonchev–Trinajstić information content (AvgIpc) is 2.72. The van der Waals surface area contributed by atoms with Crippen LogP contribution in [0.4, 0.5) is 11.4 Å². The second-order valence-electron chi connectivity index (χ2n) is 12.1. The second kappa shape index (κ2) is 15.1. The van der Waals surface area contributed by atoms with Crippen LogP contribution in [-0.2, 0) is 28.6 Å². The molecule has 0 N–H and O–H groups in total. The molecular formula is C30H48N2NiSi2. The summed E-state index contributed by atoms with van der Waals surface area (Å²) in [6, 6.07) is 20.2. The zero-order chi connectivity index (χ0) is 25.2. The Kier molecular flexibility index (Phi) is 13.7. The predicted octanol–water partition coefficient (Wildman–Crippen LogP) is 9.75. The summed E-state index contributed by atoms with van der Waals surface area (Å²) < 4.78 is 0. The normalized spacial score (nSPS) is 13.0. The van der Waals surface area contributed by atoms with E-state index >= 15 is 0 Å². The molecule has 0 aliphatic heterocycles. The summed E-state index contributed by atoms with van der Waals surface area (Å²) in [6.45, 7) is 19.1. The summed E-state index contributed by atoms with van der Waals surface area (Å²) in [4.78, 5) is 10.5. The Balaban J connectivity index is 0.00000612. The Labute approximate surface area is 228 Å². The zero-order valence-corrected chi connectivity index (χ0v) is 26.5. The Morgan fingerprint density at radius 3 is 1.31 bits per heavy atom. The minimum atomic E-state index is -1.16. The van der Waals surface area contributed by atoms with Crippen LogP contribution in [0.2, 0.25) is 39.3 Å². The first kappa shape index (κ1) is 31.7. The van der Waals surface area contributed by atoms with Crippen molar-refractivity contribution in [1.82, 2.24) is 0 Å². The van der Waals surface area contributed by atoms with Crippen molar-refractivity contribution >= 4 is 38.9 Å². The van der Waals surface area contributed by atoms with Crippen molar-refractivity contribution < 1.29 is 16.5 Å². The van der Waals surface area contributed by atoms with Crippen LogP contribution in [0, 0.1) is 0 Å². The minimum absolute atomic E-state index is 0. The third-order valence-electron chi connectivity index (χ3n) is 5.69. The first-order valence-electron chi connectivity index (χ1n) is 13.3. The van der Waals surface area contributed by atoms with Crippen molar-refractivity contribution in [2.24, 2.45) is 9.98 Å². The van der Waals surface area contributed by atoms with E-state index in [1.807, 2.05) is 0 Å². The van der Waals surface area contributed by atoms with E-state index in [0.29, 0.717) is 0 Å². The molecule has 0 spiro atoms. The first-order chi connectivity index (χ1) is 16.0. The van der Waals surface area contributed by atoms with Crippen molar-refractivity contribution in [1.29, 1.82) is 0 Å². The predicted molar refractivity (Wildman–Crippen MR) is 160 cm³/mol. The van der Waals surface area contributed by atoms with Gasteiger partial charge < -0.3 is 0 Å². The summed E-state index contributed by atoms with van der Waals surface area (Å²) >= 11 is 0. The van der Waals surface area contributed by atoms with Gasteiger partial charge in [0, 0.05) is 32.6 Å². The van der Waals surface area contributed by atoms with E-state index in [4.69, 9.17) is 9.98 Å². The number of benzene rings is 2. The molecule has 0 saturated carbocycles. The SMILES string of the molecule is CCCCC(=Nc1cccc(C[Si](C)(C)C)c1)C(CCCC)=Nc1cccc(C[Si](C)(C)C)c1.[Ni]. The minimum Gasteiger partial charge on any atom is -0.252 e. The molecule has 0 atom stereocenters. The molecule has 2 aromatic carbocycles. The summed E-state index contributed by atoms with van der Waals surface area (Å²) in [5, 5.41) is 0. The molecule has 2 rings (SSSR count). The van der Waals surface area contributed by atoms with Gasteiger partial charge in [-0.1, -0.05) is 90.2 Å². The number of hydrogen-bond acceptors (Lipinski definition) is 2. The van der Waals surface area contributed by atoms with E-state index in [2.05, 4.69) is 102 Å². The smallest absolute Gasteiger partial charge is 0.0636 e. The van der Waals surface area contributed by atoms with Crippen LogP contribution >= 0.6 is 0 Å². The molecule has 0 unspecified atom stereocenters. The van der Waals surface area contributed by atoms with E-state index in [9.17, 15) is 0 Å². The molecule has 0 heterocycles. The van der Waals surface area contributed by atoms with Crippen LogP contribution in [0.5, 0.6) is 0 Å². The average molecular weight is 552 g/mol. The van der Waals surface area contributed by atoms with E-state index < -0.39 is 16.1 Å². The van der Waals surface area contributed by atoms with Gasteiger partial charge in [-0.25, -0.2) is 0 Å². The summed E-state index contributed by atoms with van der Waals surface area (Å²) in [6.07, 6.45) is 6.61. The van der Waals surface area contributed by atoms with E-state index in [0.717, 1.165) is 37.1 Å². The standard InChI is InChI=1S/C30H48N2Si2.Ni/c1-9-11-19-29(31-27-17-13-15-25(21-27)23-33(3,4)5)30(20-12-10-2)32-28-18-14-16-26(22-28)24-34(6,7)8;/h13-18,21-22H,9-12,19-20,23-24H2,1-8H3;. The van der Waals surface area contributed by atoms with Crippen molar-refractivity contribution in [3.63, 3.8) is 0 Å². The first-order valence-corrected chi connectivity index (χ1v) is 20.7. The second-order valence-corrected chi connectivity index (χ2v) is 23.1. The zero-order valence-electron chi connectivity index (χ0n) is 23.5. The van der Waals surface area contributed by atoms with Crippen LogP contribution in [-0.4, -0.2) is 27.6 Å². The van der Waals surface area contributed by atoms with Crippen LogP contribution in [0.25, 0.3) is 0 Å². The van der Waals surface area contributed by atoms with Gasteiger partial charge >= 0.3 is 0 Å². The molecule has 0 aromatic heterocycles. The third kappa shape index (κ3) is 13.0. The Hall–Kier alpha value is -1.29. The van der Waals surface area contributed by atoms with Gasteiger partial charge in [0.15, 0.2) is 0 Å². The fourth-order valence-corrected chi connectivity index (χ4v) is 7.12. The van der Waals surface area contributed by atoms with Crippen LogP contribution < -0.4 is 0 Å². The van der Waals surface area contributed by atoms with Crippen molar-refractivity contribution in [2.45, 2.75) is 104 Å². The molecule has 0 bridgehead atoms. The van der Waals surface area contributed by atoms with Gasteiger partial charge in [-0.15, -0.1) is 0 Å². The molecule has 0 radical (unpaired) electrons. The molecule has 0 aliphatic carbocycles. The topological polar surface area (TPSA) is 24.7 Å². The summed E-state index contributed by atoms with van der Waals surface area (Å²) in [7, 11) is -2.33. The maximum absolute atomic E-state index is 5.23. The largest absolute Gasteiger partial charge is 0.252 e. The fraction of sp³-hybridized carbons (Fsp3) is 0.533. The molecule has 0 aliphatic rings. The molecule has 5 heteroatoms. The Morgan fingerprint density at radius 2 is 1.00 bits per heavy atom. The molecule has 0 fully saturated rings. The molecule has 35 heavy (non-hydrogen) atoms. The molecule has 0 amide bonds. The number of aliphatic imine (C=N–C) groups is 2. The maximum Gasteiger partial charge on any atom is 0.0636 e. The summed E-state index contributed by atoms with van der Waals surface area (Å²) in [5.41, 5.74) is 7.35. The van der Waals surface area contributed by atoms with E-state index in [-0.39, 0.29) is 16.5 Å². The van der Waals surface area contributed by atoms with E-state index in [1.165, 1.54) is 47.5 Å². The number of nitrogens with zero attached hydrogens (tertiary/aromatic N) is 2. The molecular weight excluding hydrogens is 503 g/mol. The van der Waals surface area contributed by atoms with Crippen molar-refractivity contribution in [2.75, 3.05) is 0 Å². The van der Waals surface area contributed by atoms with Gasteiger partial charge in [0.2, 0.25) is 0 Å². The van der Waals surface area contributed by atoms with Crippen molar-refractivity contribution in [3.8, 4) is 0 Å². The van der Waals surface area contributed by atoms with Crippen molar-refractivity contribution in [3.05, 3.63) is 59.7 Å². The summed E-state index contributed by atoms with van der Waals surface area (Å²) in [5.74, 6) is 0. The Morgan fingerprint density at radius 1 is 0.629 bits per heavy atom. The molecule has 0 saturated heterocycles. The van der Waals surface area contributed by atoms with Gasteiger partial charge in [-0.2, -0.15) is 0 Å². The quantitative estimate of drug-likeness (QED) is 0.175. The maximum atomic E-state index is 5.23. The van der Waals surface area contributed by atoms with Gasteiger partial charge in [0.05, 0.1) is 22.8 Å². The van der Waals surface area contributed by atoms with E-state index in [1.54, 1.807) is 0 Å². The molecule has 196 valence electrons. The third-order valence-corrected chi connectivity index (χ3v) is 8.62. The van der Waals surface area contributed by atoms with Crippen LogP contribution in [0.15, 0.2) is 58.5 Å². The number of unbranched alkanes of at least 4 members (excludes halogenated alkanes) is 2. The molecule has 2 aromatic rings. The van der Waals surface area contributed by atoms with Gasteiger partial charge in [0.25, 0.3) is 0 Å². The van der Waals surface area contributed by atoms with Gasteiger partial charge in [-0.3, -0.25) is 9.98 Å². The Bertz CT molecular complexity index is 889. The van der Waals surface area contributed by atoms with Gasteiger partial charge in [-0.05, 0) is 73.2 Å². The van der Waals surface area contributed by atoms with Gasteiger partial charge in [0.1, 0.15) is 0 Å². The van der Waals surface area contributed by atoms with Crippen LogP contribution in [0.1, 0.15) is 63.5 Å². The number of hydrogen-bond donors (Lipinski definition) is 0. The number of rotatable bonds is 13. The molecule has 2 nitrogen and oxygen atoms in total. The van der Waals surface area contributed by atoms with Crippen LogP contribution in [0.3, 0.4) is 0 Å². The fourth-order valence-electron chi connectivity index (χ4n) is 4.23. The monoisotopic (exact) mass is 550 g/mol.